The molecule has 1 aromatic heterocycles. The lowest BCUT2D eigenvalue weighted by Gasteiger charge is -2.33. The normalized spacial score (nSPS) is 18.2. The van der Waals surface area contributed by atoms with E-state index < -0.39 is 24.6 Å². The predicted molar refractivity (Wildman–Crippen MR) is 158 cm³/mol. The number of carboxylic acids is 1. The van der Waals surface area contributed by atoms with Crippen LogP contribution in [-0.2, 0) is 14.4 Å². The van der Waals surface area contributed by atoms with Gasteiger partial charge < -0.3 is 25.4 Å². The summed E-state index contributed by atoms with van der Waals surface area (Å²) in [5.74, 6) is -0.564. The maximum Gasteiger partial charge on any atom is 0.305 e. The summed E-state index contributed by atoms with van der Waals surface area (Å²) < 4.78 is 17.9. The van der Waals surface area contributed by atoms with E-state index in [4.69, 9.17) is 4.74 Å². The van der Waals surface area contributed by atoms with E-state index in [9.17, 15) is 23.9 Å². The van der Waals surface area contributed by atoms with Crippen LogP contribution in [0.25, 0.3) is 5.57 Å². The molecule has 3 heterocycles. The van der Waals surface area contributed by atoms with Crippen molar-refractivity contribution in [1.82, 2.24) is 20.5 Å². The molecular weight excluding hydrogens is 539 g/mol. The Morgan fingerprint density at radius 1 is 1.17 bits per heavy atom. The van der Waals surface area contributed by atoms with E-state index >= 15 is 0 Å². The van der Waals surface area contributed by atoms with Crippen LogP contribution in [0.1, 0.15) is 67.7 Å². The fourth-order valence-electron chi connectivity index (χ4n) is 5.70. The predicted octanol–water partition coefficient (Wildman–Crippen LogP) is 4.14. The Morgan fingerprint density at radius 3 is 2.74 bits per heavy atom. The molecule has 226 valence electrons. The van der Waals surface area contributed by atoms with Gasteiger partial charge in [0, 0.05) is 37.5 Å². The molecule has 0 bridgehead atoms. The molecule has 0 spiro atoms. The van der Waals surface area contributed by atoms with Crippen LogP contribution in [0, 0.1) is 11.8 Å². The van der Waals surface area contributed by atoms with Gasteiger partial charge >= 0.3 is 5.97 Å². The zero-order valence-corrected chi connectivity index (χ0v) is 24.0. The minimum Gasteiger partial charge on any atom is -0.491 e. The number of nitrogens with zero attached hydrogens (tertiary/aromatic N) is 2. The second-order valence-electron chi connectivity index (χ2n) is 11.1. The summed E-state index contributed by atoms with van der Waals surface area (Å²) >= 11 is 0. The number of piperidine rings is 2. The van der Waals surface area contributed by atoms with Gasteiger partial charge in [-0.2, -0.15) is 0 Å². The maximum atomic E-state index is 13.4. The molecule has 2 saturated heterocycles. The molecule has 0 radical (unpaired) electrons. The van der Waals surface area contributed by atoms with Gasteiger partial charge in [0.05, 0.1) is 18.4 Å². The van der Waals surface area contributed by atoms with Gasteiger partial charge in [-0.15, -0.1) is 0 Å². The van der Waals surface area contributed by atoms with E-state index in [1.807, 2.05) is 6.07 Å². The number of nitrogens with one attached hydrogen (secondary N) is 2. The number of pyridine rings is 1. The van der Waals surface area contributed by atoms with E-state index in [0.717, 1.165) is 44.3 Å². The highest BCUT2D eigenvalue weighted by molar-refractivity contribution is 5.83. The summed E-state index contributed by atoms with van der Waals surface area (Å²) in [4.78, 5) is 44.2. The Balaban J connectivity index is 1.41. The highest BCUT2D eigenvalue weighted by Gasteiger charge is 2.31. The third-order valence-corrected chi connectivity index (χ3v) is 8.10. The summed E-state index contributed by atoms with van der Waals surface area (Å²) in [6, 6.07) is 8.08. The molecule has 10 heteroatoms. The minimum absolute atomic E-state index is 0.0468. The number of aromatic nitrogens is 1. The molecule has 2 aliphatic heterocycles. The molecule has 3 N–H and O–H groups in total. The van der Waals surface area contributed by atoms with E-state index in [1.165, 1.54) is 0 Å². The summed E-state index contributed by atoms with van der Waals surface area (Å²) in [5, 5.41) is 15.9. The Labute approximate surface area is 246 Å². The van der Waals surface area contributed by atoms with Crippen LogP contribution in [0.4, 0.5) is 4.39 Å². The smallest absolute Gasteiger partial charge is 0.305 e. The quantitative estimate of drug-likeness (QED) is 0.326. The van der Waals surface area contributed by atoms with Crippen molar-refractivity contribution in [3.63, 3.8) is 0 Å². The van der Waals surface area contributed by atoms with Crippen molar-refractivity contribution < 1.29 is 28.6 Å². The number of amides is 2. The van der Waals surface area contributed by atoms with Crippen molar-refractivity contribution in [3.8, 4) is 5.75 Å². The number of likely N-dealkylation sites (tertiary alicyclic amines) is 1. The van der Waals surface area contributed by atoms with E-state index in [1.54, 1.807) is 41.6 Å². The van der Waals surface area contributed by atoms with Gasteiger partial charge in [0.1, 0.15) is 19.0 Å². The standard InChI is InChI=1S/C32H41FN4O5/c1-22(24-4-2-6-28(17-24)42-15-11-33)26-16-27(20-35-19-26)29(18-31(39)40)36-32(41)25-5-3-14-37(21-25)30(38)8-7-23-9-12-34-13-10-23/h2,4,6,16-17,19-20,23,25,29,34H,1,3,5,7-15,18,21H2,(H,36,41)(H,39,40)/t25-,29+/m1/s1. The molecule has 0 aliphatic carbocycles. The first kappa shape index (κ1) is 31.2. The molecule has 2 aliphatic rings. The number of ether oxygens (including phenoxy) is 1. The van der Waals surface area contributed by atoms with Gasteiger partial charge in [-0.05, 0) is 86.0 Å². The number of halogens is 1. The first-order valence-electron chi connectivity index (χ1n) is 14.8. The summed E-state index contributed by atoms with van der Waals surface area (Å²) in [6.45, 7) is 6.50. The molecule has 9 nitrogen and oxygen atoms in total. The van der Waals surface area contributed by atoms with Crippen molar-refractivity contribution >= 4 is 23.4 Å². The molecule has 2 aromatic rings. The molecule has 0 unspecified atom stereocenters. The van der Waals surface area contributed by atoms with Crippen molar-refractivity contribution in [1.29, 1.82) is 0 Å². The molecule has 1 aromatic carbocycles. The lowest BCUT2D eigenvalue weighted by Crippen LogP contribution is -2.46. The number of aliphatic carboxylic acids is 1. The second-order valence-corrected chi connectivity index (χ2v) is 11.1. The fraction of sp³-hybridized carbons (Fsp3) is 0.500. The number of carbonyl (C=O) groups excluding carboxylic acids is 2. The van der Waals surface area contributed by atoms with Crippen LogP contribution in [0.5, 0.6) is 5.75 Å². The number of alkyl halides is 1. The van der Waals surface area contributed by atoms with Crippen molar-refractivity contribution in [2.45, 2.75) is 51.0 Å². The zero-order valence-electron chi connectivity index (χ0n) is 24.0. The Kier molecular flexibility index (Phi) is 11.5. The van der Waals surface area contributed by atoms with Gasteiger partial charge in [-0.1, -0.05) is 18.7 Å². The lowest BCUT2D eigenvalue weighted by atomic mass is 9.92. The van der Waals surface area contributed by atoms with Crippen molar-refractivity contribution in [2.75, 3.05) is 39.5 Å². The third kappa shape index (κ3) is 8.85. The Bertz CT molecular complexity index is 1250. The molecule has 2 atom stereocenters. The molecular formula is C32H41FN4O5. The van der Waals surface area contributed by atoms with Gasteiger partial charge in [-0.25, -0.2) is 4.39 Å². The van der Waals surface area contributed by atoms with Gasteiger partial charge in [0.25, 0.3) is 0 Å². The van der Waals surface area contributed by atoms with Crippen LogP contribution < -0.4 is 15.4 Å². The second kappa shape index (κ2) is 15.4. The third-order valence-electron chi connectivity index (χ3n) is 8.10. The fourth-order valence-corrected chi connectivity index (χ4v) is 5.70. The van der Waals surface area contributed by atoms with Gasteiger partial charge in [0.2, 0.25) is 11.8 Å². The maximum absolute atomic E-state index is 13.4. The molecule has 42 heavy (non-hydrogen) atoms. The molecule has 0 saturated carbocycles. The average molecular weight is 581 g/mol. The van der Waals surface area contributed by atoms with E-state index in [0.29, 0.717) is 54.3 Å². The van der Waals surface area contributed by atoms with Crippen LogP contribution >= 0.6 is 0 Å². The number of carboxylic acid groups (broad SMARTS) is 1. The van der Waals surface area contributed by atoms with Crippen LogP contribution in [0.3, 0.4) is 0 Å². The Hall–Kier alpha value is -3.79. The van der Waals surface area contributed by atoms with Gasteiger partial charge in [0.15, 0.2) is 0 Å². The zero-order chi connectivity index (χ0) is 29.9. The largest absolute Gasteiger partial charge is 0.491 e. The van der Waals surface area contributed by atoms with Crippen LogP contribution in [0.2, 0.25) is 0 Å². The van der Waals surface area contributed by atoms with E-state index in [-0.39, 0.29) is 24.8 Å². The first-order chi connectivity index (χ1) is 20.3. The molecule has 4 rings (SSSR count). The summed E-state index contributed by atoms with van der Waals surface area (Å²) in [6.07, 6.45) is 7.76. The number of hydrogen-bond donors (Lipinski definition) is 3. The monoisotopic (exact) mass is 580 g/mol. The molecule has 2 fully saturated rings. The van der Waals surface area contributed by atoms with Crippen LogP contribution in [-0.4, -0.2) is 72.2 Å². The first-order valence-corrected chi connectivity index (χ1v) is 14.8. The summed E-state index contributed by atoms with van der Waals surface area (Å²) in [7, 11) is 0. The summed E-state index contributed by atoms with van der Waals surface area (Å²) in [5.41, 5.74) is 2.57. The van der Waals surface area contributed by atoms with Crippen LogP contribution in [0.15, 0.2) is 49.3 Å². The van der Waals surface area contributed by atoms with E-state index in [2.05, 4.69) is 22.2 Å². The Morgan fingerprint density at radius 2 is 1.98 bits per heavy atom. The number of benzene rings is 1. The number of rotatable bonds is 13. The SMILES string of the molecule is C=C(c1cccc(OCCF)c1)c1cncc([C@H](CC(=O)O)NC(=O)[C@@H]2CCCN(C(=O)CCC3CCNCC3)C2)c1. The highest BCUT2D eigenvalue weighted by atomic mass is 19.1. The molecule has 2 amide bonds. The topological polar surface area (TPSA) is 121 Å². The average Bonchev–Trinajstić information content (AvgIpc) is 3.02. The number of carbonyl (C=O) groups is 3. The minimum atomic E-state index is -1.05. The van der Waals surface area contributed by atoms with Crippen molar-refractivity contribution in [3.05, 3.63) is 66.0 Å². The van der Waals surface area contributed by atoms with Gasteiger partial charge in [-0.3, -0.25) is 19.4 Å². The lowest BCUT2D eigenvalue weighted by molar-refractivity contribution is -0.138. The van der Waals surface area contributed by atoms with Crippen molar-refractivity contribution in [2.24, 2.45) is 11.8 Å². The highest BCUT2D eigenvalue weighted by Crippen LogP contribution is 2.28. The number of hydrogen-bond acceptors (Lipinski definition) is 6.